The molecule has 1 aliphatic heterocycles. The van der Waals surface area contributed by atoms with Gasteiger partial charge in [0.15, 0.2) is 0 Å². The molecule has 0 spiro atoms. The molecular formula is C25H28F2N4O3. The Labute approximate surface area is 196 Å². The van der Waals surface area contributed by atoms with Gasteiger partial charge in [0.1, 0.15) is 34.6 Å². The third-order valence-corrected chi connectivity index (χ3v) is 6.88. The Hall–Kier alpha value is -3.07. The van der Waals surface area contributed by atoms with Gasteiger partial charge < -0.3 is 19.2 Å². The highest BCUT2D eigenvalue weighted by Crippen LogP contribution is 2.44. The zero-order valence-electron chi connectivity index (χ0n) is 19.3. The van der Waals surface area contributed by atoms with E-state index in [2.05, 4.69) is 24.1 Å². The molecule has 1 unspecified atom stereocenters. The normalized spacial score (nSPS) is 20.3. The van der Waals surface area contributed by atoms with Crippen molar-refractivity contribution in [2.24, 2.45) is 5.41 Å². The molecule has 3 aromatic heterocycles. The van der Waals surface area contributed by atoms with Gasteiger partial charge >= 0.3 is 0 Å². The van der Waals surface area contributed by atoms with Crippen molar-refractivity contribution in [1.82, 2.24) is 14.4 Å². The van der Waals surface area contributed by atoms with E-state index in [9.17, 15) is 13.6 Å². The first-order valence-electron chi connectivity index (χ1n) is 11.6. The van der Waals surface area contributed by atoms with Crippen molar-refractivity contribution in [3.63, 3.8) is 0 Å². The molecule has 1 aliphatic carbocycles. The summed E-state index contributed by atoms with van der Waals surface area (Å²) in [5, 5.41) is 2.81. The number of hydrogen-bond donors (Lipinski definition) is 1. The number of nitrogens with zero attached hydrogens (tertiary/aromatic N) is 3. The van der Waals surface area contributed by atoms with E-state index in [0.29, 0.717) is 17.4 Å². The van der Waals surface area contributed by atoms with E-state index in [1.807, 2.05) is 16.7 Å². The van der Waals surface area contributed by atoms with Crippen LogP contribution in [0.1, 0.15) is 73.8 Å². The van der Waals surface area contributed by atoms with Gasteiger partial charge in [-0.2, -0.15) is 0 Å². The molecule has 1 amide bonds. The van der Waals surface area contributed by atoms with Gasteiger partial charge in [0.25, 0.3) is 12.3 Å². The van der Waals surface area contributed by atoms with Crippen LogP contribution in [0.25, 0.3) is 5.65 Å². The zero-order valence-corrected chi connectivity index (χ0v) is 19.3. The Bertz CT molecular complexity index is 1200. The van der Waals surface area contributed by atoms with Crippen molar-refractivity contribution in [2.75, 3.05) is 18.5 Å². The summed E-state index contributed by atoms with van der Waals surface area (Å²) in [5.41, 5.74) is 1.66. The molecule has 0 aromatic carbocycles. The van der Waals surface area contributed by atoms with Gasteiger partial charge in [-0.3, -0.25) is 4.79 Å². The Morgan fingerprint density at radius 1 is 1.21 bits per heavy atom. The highest BCUT2D eigenvalue weighted by Gasteiger charge is 2.40. The molecular weight excluding hydrogens is 442 g/mol. The molecule has 0 bridgehead atoms. The number of halogens is 2. The molecule has 9 heteroatoms. The number of amides is 1. The van der Waals surface area contributed by atoms with E-state index in [0.717, 1.165) is 50.2 Å². The molecule has 1 atom stereocenters. The standard InChI is InChI=1S/C25H28F2N4O3/c1-25(2)9-6-21(25)34-20-12-22-29-18(15-7-10-33-11-8-15)13-31(22)14-19(20)30-24(32)17-5-3-4-16(28-17)23(26)27/h3-5,12-15,21,23H,6-11H2,1-2H3,(H,30,32). The maximum Gasteiger partial charge on any atom is 0.280 e. The number of carbonyl (C=O) groups is 1. The van der Waals surface area contributed by atoms with Crippen molar-refractivity contribution in [1.29, 1.82) is 0 Å². The average Bonchev–Trinajstić information content (AvgIpc) is 3.25. The molecule has 7 nitrogen and oxygen atoms in total. The molecule has 5 rings (SSSR count). The topological polar surface area (TPSA) is 77.8 Å². The second-order valence-corrected chi connectivity index (χ2v) is 9.71. The smallest absolute Gasteiger partial charge is 0.280 e. The number of ether oxygens (including phenoxy) is 2. The second-order valence-electron chi connectivity index (χ2n) is 9.71. The van der Waals surface area contributed by atoms with Crippen LogP contribution in [-0.2, 0) is 4.74 Å². The molecule has 1 N–H and O–H groups in total. The van der Waals surface area contributed by atoms with Crippen LogP contribution in [0.15, 0.2) is 36.7 Å². The van der Waals surface area contributed by atoms with E-state index in [-0.39, 0.29) is 17.2 Å². The first-order chi connectivity index (χ1) is 16.3. The quantitative estimate of drug-likeness (QED) is 0.523. The summed E-state index contributed by atoms with van der Waals surface area (Å²) in [6, 6.07) is 5.84. The predicted molar refractivity (Wildman–Crippen MR) is 123 cm³/mol. The van der Waals surface area contributed by atoms with Crippen molar-refractivity contribution < 1.29 is 23.0 Å². The number of alkyl halides is 2. The molecule has 3 aromatic rings. The average molecular weight is 471 g/mol. The summed E-state index contributed by atoms with van der Waals surface area (Å²) in [7, 11) is 0. The Morgan fingerprint density at radius 3 is 2.68 bits per heavy atom. The number of carbonyl (C=O) groups excluding carboxylic acids is 1. The number of pyridine rings is 2. The van der Waals surface area contributed by atoms with Crippen LogP contribution in [0, 0.1) is 5.41 Å². The largest absolute Gasteiger partial charge is 0.487 e. The lowest BCUT2D eigenvalue weighted by atomic mass is 9.69. The van der Waals surface area contributed by atoms with Gasteiger partial charge in [0.05, 0.1) is 5.69 Å². The summed E-state index contributed by atoms with van der Waals surface area (Å²) in [6.45, 7) is 5.73. The third-order valence-electron chi connectivity index (χ3n) is 6.88. The highest BCUT2D eigenvalue weighted by atomic mass is 19.3. The first-order valence-corrected chi connectivity index (χ1v) is 11.6. The van der Waals surface area contributed by atoms with E-state index >= 15 is 0 Å². The number of rotatable bonds is 6. The number of aromatic nitrogens is 3. The lowest BCUT2D eigenvalue weighted by Crippen LogP contribution is -2.44. The molecule has 180 valence electrons. The SMILES string of the molecule is CC1(C)CCC1Oc1cc2nc(C3CCOCC3)cn2cc1NC(=O)c1cccc(C(F)F)n1. The van der Waals surface area contributed by atoms with E-state index in [1.165, 1.54) is 18.2 Å². The number of anilines is 1. The predicted octanol–water partition coefficient (Wildman–Crippen LogP) is 5.38. The molecule has 1 saturated carbocycles. The van der Waals surface area contributed by atoms with Gasteiger partial charge in [-0.15, -0.1) is 0 Å². The number of hydrogen-bond acceptors (Lipinski definition) is 5. The van der Waals surface area contributed by atoms with E-state index in [4.69, 9.17) is 14.5 Å². The summed E-state index contributed by atoms with van der Waals surface area (Å²) in [5.74, 6) is 0.250. The van der Waals surface area contributed by atoms with Gasteiger partial charge in [-0.05, 0) is 37.8 Å². The van der Waals surface area contributed by atoms with Crippen molar-refractivity contribution in [3.05, 3.63) is 53.7 Å². The molecule has 1 saturated heterocycles. The molecule has 34 heavy (non-hydrogen) atoms. The number of fused-ring (bicyclic) bond motifs is 1. The minimum Gasteiger partial charge on any atom is -0.487 e. The van der Waals surface area contributed by atoms with Crippen molar-refractivity contribution in [2.45, 2.75) is 58.0 Å². The first kappa shape index (κ1) is 22.7. The minimum atomic E-state index is -2.75. The van der Waals surface area contributed by atoms with Crippen LogP contribution < -0.4 is 10.1 Å². The third kappa shape index (κ3) is 4.49. The van der Waals surface area contributed by atoms with E-state index in [1.54, 1.807) is 6.20 Å². The van der Waals surface area contributed by atoms with Gasteiger partial charge in [-0.1, -0.05) is 19.9 Å². The minimum absolute atomic E-state index is 0.0100. The summed E-state index contributed by atoms with van der Waals surface area (Å²) >= 11 is 0. The maximum atomic E-state index is 13.1. The monoisotopic (exact) mass is 470 g/mol. The number of imidazole rings is 1. The van der Waals surface area contributed by atoms with Crippen LogP contribution in [0.3, 0.4) is 0 Å². The van der Waals surface area contributed by atoms with Crippen LogP contribution in [0.2, 0.25) is 0 Å². The van der Waals surface area contributed by atoms with E-state index < -0.39 is 18.0 Å². The van der Waals surface area contributed by atoms with Crippen LogP contribution >= 0.6 is 0 Å². The lowest BCUT2D eigenvalue weighted by molar-refractivity contribution is -0.0179. The molecule has 4 heterocycles. The van der Waals surface area contributed by atoms with Crippen LogP contribution in [0.4, 0.5) is 14.5 Å². The Morgan fingerprint density at radius 2 is 2.00 bits per heavy atom. The fourth-order valence-corrected chi connectivity index (χ4v) is 4.51. The van der Waals surface area contributed by atoms with Gasteiger partial charge in [-0.25, -0.2) is 18.7 Å². The van der Waals surface area contributed by atoms with Gasteiger partial charge in [0.2, 0.25) is 0 Å². The maximum absolute atomic E-state index is 13.1. The van der Waals surface area contributed by atoms with Gasteiger partial charge in [0, 0.05) is 43.0 Å². The Kier molecular flexibility index (Phi) is 5.97. The van der Waals surface area contributed by atoms with Crippen LogP contribution in [-0.4, -0.2) is 39.6 Å². The highest BCUT2D eigenvalue weighted by molar-refractivity contribution is 6.03. The fourth-order valence-electron chi connectivity index (χ4n) is 4.51. The second kappa shape index (κ2) is 8.94. The number of nitrogens with one attached hydrogen (secondary N) is 1. The Balaban J connectivity index is 1.48. The lowest BCUT2D eigenvalue weighted by Gasteiger charge is -2.44. The molecule has 2 aliphatic rings. The van der Waals surface area contributed by atoms with Crippen molar-refractivity contribution >= 4 is 17.2 Å². The van der Waals surface area contributed by atoms with Crippen LogP contribution in [0.5, 0.6) is 5.75 Å². The zero-order chi connectivity index (χ0) is 23.9. The fraction of sp³-hybridized carbons (Fsp3) is 0.480. The summed E-state index contributed by atoms with van der Waals surface area (Å²) in [6.07, 6.45) is 4.80. The molecule has 2 fully saturated rings. The summed E-state index contributed by atoms with van der Waals surface area (Å²) in [4.78, 5) is 21.5. The van der Waals surface area contributed by atoms with Crippen molar-refractivity contribution in [3.8, 4) is 5.75 Å². The summed E-state index contributed by atoms with van der Waals surface area (Å²) < 4.78 is 39.8. The molecule has 0 radical (unpaired) electrons.